The zero-order valence-corrected chi connectivity index (χ0v) is 10.1. The molecule has 2 N–H and O–H groups in total. The molecule has 1 amide bonds. The Balaban J connectivity index is 1.94. The van der Waals surface area contributed by atoms with Gasteiger partial charge in [0.05, 0.1) is 25.3 Å². The Morgan fingerprint density at radius 1 is 1.44 bits per heavy atom. The number of hydrogen-bond donors (Lipinski definition) is 1. The van der Waals surface area contributed by atoms with Crippen LogP contribution in [0, 0.1) is 0 Å². The van der Waals surface area contributed by atoms with Crippen molar-refractivity contribution >= 4 is 6.09 Å². The van der Waals surface area contributed by atoms with Gasteiger partial charge in [-0.1, -0.05) is 0 Å². The number of ether oxygens (including phenoxy) is 2. The monoisotopic (exact) mass is 228 g/mol. The fraction of sp³-hybridized carbons (Fsp3) is 0.909. The molecule has 5 nitrogen and oxygen atoms in total. The molecule has 0 saturated carbocycles. The summed E-state index contributed by atoms with van der Waals surface area (Å²) in [7, 11) is 0. The third-order valence-electron chi connectivity index (χ3n) is 2.86. The topological polar surface area (TPSA) is 64.8 Å². The first-order chi connectivity index (χ1) is 7.35. The highest BCUT2D eigenvalue weighted by Crippen LogP contribution is 2.26. The SMILES string of the molecule is CC(C)(C)OC(=O)N1C[C@H]2C[C@@H](N)[C@@H](C1)O2. The maximum atomic E-state index is 11.8. The highest BCUT2D eigenvalue weighted by molar-refractivity contribution is 5.68. The fourth-order valence-corrected chi connectivity index (χ4v) is 2.17. The molecule has 2 fully saturated rings. The largest absolute Gasteiger partial charge is 0.444 e. The Morgan fingerprint density at radius 3 is 2.69 bits per heavy atom. The summed E-state index contributed by atoms with van der Waals surface area (Å²) in [5.41, 5.74) is 5.46. The van der Waals surface area contributed by atoms with Crippen molar-refractivity contribution in [3.63, 3.8) is 0 Å². The van der Waals surface area contributed by atoms with Crippen LogP contribution in [0.5, 0.6) is 0 Å². The van der Waals surface area contributed by atoms with E-state index < -0.39 is 5.60 Å². The van der Waals surface area contributed by atoms with Crippen molar-refractivity contribution in [3.05, 3.63) is 0 Å². The van der Waals surface area contributed by atoms with Crippen LogP contribution in [-0.4, -0.2) is 47.9 Å². The summed E-state index contributed by atoms with van der Waals surface area (Å²) in [5.74, 6) is 0. The van der Waals surface area contributed by atoms with Crippen LogP contribution >= 0.6 is 0 Å². The van der Waals surface area contributed by atoms with E-state index in [1.165, 1.54) is 0 Å². The zero-order chi connectivity index (χ0) is 11.9. The van der Waals surface area contributed by atoms with Crippen LogP contribution in [0.1, 0.15) is 27.2 Å². The molecule has 0 aromatic heterocycles. The lowest BCUT2D eigenvalue weighted by Gasteiger charge is -2.33. The second-order valence-corrected chi connectivity index (χ2v) is 5.58. The van der Waals surface area contributed by atoms with Gasteiger partial charge in [-0.2, -0.15) is 0 Å². The van der Waals surface area contributed by atoms with Crippen molar-refractivity contribution in [1.82, 2.24) is 4.90 Å². The second kappa shape index (κ2) is 3.89. The smallest absolute Gasteiger partial charge is 0.410 e. The summed E-state index contributed by atoms with van der Waals surface area (Å²) < 4.78 is 11.0. The molecule has 16 heavy (non-hydrogen) atoms. The molecule has 0 aliphatic carbocycles. The Kier molecular flexibility index (Phi) is 2.84. The number of carbonyl (C=O) groups excluding carboxylic acids is 1. The van der Waals surface area contributed by atoms with E-state index in [1.807, 2.05) is 20.8 Å². The van der Waals surface area contributed by atoms with E-state index >= 15 is 0 Å². The molecular weight excluding hydrogens is 208 g/mol. The number of hydrogen-bond acceptors (Lipinski definition) is 4. The number of carbonyl (C=O) groups is 1. The molecule has 2 bridgehead atoms. The summed E-state index contributed by atoms with van der Waals surface area (Å²) in [4.78, 5) is 13.6. The van der Waals surface area contributed by atoms with Gasteiger partial charge in [0.15, 0.2) is 0 Å². The Labute approximate surface area is 95.9 Å². The molecule has 92 valence electrons. The molecule has 3 atom stereocenters. The van der Waals surface area contributed by atoms with Crippen LogP contribution in [-0.2, 0) is 9.47 Å². The van der Waals surface area contributed by atoms with Crippen molar-refractivity contribution in [3.8, 4) is 0 Å². The van der Waals surface area contributed by atoms with E-state index in [4.69, 9.17) is 15.2 Å². The molecular formula is C11H20N2O3. The van der Waals surface area contributed by atoms with Crippen LogP contribution in [0.2, 0.25) is 0 Å². The van der Waals surface area contributed by atoms with Gasteiger partial charge in [-0.3, -0.25) is 0 Å². The first-order valence-corrected chi connectivity index (χ1v) is 5.74. The Bertz CT molecular complexity index is 285. The molecule has 0 radical (unpaired) electrons. The molecule has 2 aliphatic heterocycles. The van der Waals surface area contributed by atoms with E-state index in [1.54, 1.807) is 4.90 Å². The first kappa shape index (κ1) is 11.7. The zero-order valence-electron chi connectivity index (χ0n) is 10.1. The van der Waals surface area contributed by atoms with E-state index in [0.29, 0.717) is 13.1 Å². The van der Waals surface area contributed by atoms with Crippen molar-refractivity contribution < 1.29 is 14.3 Å². The third kappa shape index (κ3) is 2.47. The standard InChI is InChI=1S/C11H20N2O3/c1-11(2,3)16-10(14)13-5-7-4-8(12)9(6-13)15-7/h7-9H,4-6,12H2,1-3H3/t7-,8-,9-/m1/s1. The lowest BCUT2D eigenvalue weighted by molar-refractivity contribution is -0.0510. The highest BCUT2D eigenvalue weighted by atomic mass is 16.6. The Hall–Kier alpha value is -0.810. The number of nitrogens with two attached hydrogens (primary N) is 1. The summed E-state index contributed by atoms with van der Waals surface area (Å²) >= 11 is 0. The van der Waals surface area contributed by atoms with Gasteiger partial charge in [0.2, 0.25) is 0 Å². The number of rotatable bonds is 0. The Morgan fingerprint density at radius 2 is 2.12 bits per heavy atom. The van der Waals surface area contributed by atoms with Gasteiger partial charge in [-0.05, 0) is 27.2 Å². The van der Waals surface area contributed by atoms with E-state index in [9.17, 15) is 4.79 Å². The van der Waals surface area contributed by atoms with E-state index in [-0.39, 0.29) is 24.3 Å². The molecule has 0 spiro atoms. The van der Waals surface area contributed by atoms with Crippen molar-refractivity contribution in [2.24, 2.45) is 5.73 Å². The molecule has 5 heteroatoms. The molecule has 0 aromatic carbocycles. The minimum atomic E-state index is -0.448. The van der Waals surface area contributed by atoms with Gasteiger partial charge >= 0.3 is 6.09 Å². The van der Waals surface area contributed by atoms with Gasteiger partial charge in [0.25, 0.3) is 0 Å². The average molecular weight is 228 g/mol. The van der Waals surface area contributed by atoms with Crippen LogP contribution in [0.4, 0.5) is 4.79 Å². The van der Waals surface area contributed by atoms with Crippen molar-refractivity contribution in [2.75, 3.05) is 13.1 Å². The number of fused-ring (bicyclic) bond motifs is 2. The van der Waals surface area contributed by atoms with Gasteiger partial charge in [-0.25, -0.2) is 4.79 Å². The third-order valence-corrected chi connectivity index (χ3v) is 2.86. The summed E-state index contributed by atoms with van der Waals surface area (Å²) in [6.45, 7) is 6.74. The van der Waals surface area contributed by atoms with E-state index in [0.717, 1.165) is 6.42 Å². The molecule has 2 aliphatic rings. The summed E-state index contributed by atoms with van der Waals surface area (Å²) in [6, 6.07) is 0.0532. The van der Waals surface area contributed by atoms with Crippen LogP contribution < -0.4 is 5.73 Å². The molecule has 2 heterocycles. The second-order valence-electron chi connectivity index (χ2n) is 5.58. The number of likely N-dealkylation sites (tertiary alicyclic amines) is 1. The maximum Gasteiger partial charge on any atom is 0.410 e. The number of morpholine rings is 1. The number of nitrogens with zero attached hydrogens (tertiary/aromatic N) is 1. The van der Waals surface area contributed by atoms with Crippen LogP contribution in [0.15, 0.2) is 0 Å². The van der Waals surface area contributed by atoms with Crippen molar-refractivity contribution in [2.45, 2.75) is 51.0 Å². The van der Waals surface area contributed by atoms with Gasteiger partial charge in [-0.15, -0.1) is 0 Å². The predicted molar refractivity (Wildman–Crippen MR) is 59.1 cm³/mol. The summed E-state index contributed by atoms with van der Waals surface area (Å²) in [6.07, 6.45) is 0.636. The molecule has 0 unspecified atom stereocenters. The maximum absolute atomic E-state index is 11.8. The molecule has 0 aromatic rings. The van der Waals surface area contributed by atoms with Gasteiger partial charge < -0.3 is 20.1 Å². The van der Waals surface area contributed by atoms with Crippen molar-refractivity contribution in [1.29, 1.82) is 0 Å². The fourth-order valence-electron chi connectivity index (χ4n) is 2.17. The average Bonchev–Trinajstić information content (AvgIpc) is 2.37. The van der Waals surface area contributed by atoms with Gasteiger partial charge in [0, 0.05) is 6.04 Å². The molecule has 2 rings (SSSR count). The number of amides is 1. The highest BCUT2D eigenvalue weighted by Gasteiger charge is 2.41. The quantitative estimate of drug-likeness (QED) is 0.663. The lowest BCUT2D eigenvalue weighted by Crippen LogP contribution is -2.49. The normalized spacial score (nSPS) is 34.0. The first-order valence-electron chi connectivity index (χ1n) is 5.74. The predicted octanol–water partition coefficient (Wildman–Crippen LogP) is 0.722. The molecule has 2 saturated heterocycles. The minimum Gasteiger partial charge on any atom is -0.444 e. The van der Waals surface area contributed by atoms with Crippen LogP contribution in [0.25, 0.3) is 0 Å². The van der Waals surface area contributed by atoms with Gasteiger partial charge in [0.1, 0.15) is 5.60 Å². The summed E-state index contributed by atoms with van der Waals surface area (Å²) in [5, 5.41) is 0. The minimum absolute atomic E-state index is 0.0220. The van der Waals surface area contributed by atoms with E-state index in [2.05, 4.69) is 0 Å². The lowest BCUT2D eigenvalue weighted by atomic mass is 10.1. The van der Waals surface area contributed by atoms with Crippen LogP contribution in [0.3, 0.4) is 0 Å².